The van der Waals surface area contributed by atoms with Crippen molar-refractivity contribution < 1.29 is 24.6 Å². The number of thioether (sulfide) groups is 1. The number of rotatable bonds is 4. The summed E-state index contributed by atoms with van der Waals surface area (Å²) in [4.78, 5) is 37.3. The van der Waals surface area contributed by atoms with Gasteiger partial charge in [-0.05, 0) is 24.3 Å². The summed E-state index contributed by atoms with van der Waals surface area (Å²) in [5.41, 5.74) is 0.517. The fourth-order valence-electron chi connectivity index (χ4n) is 2.12. The minimum Gasteiger partial charge on any atom is -0.481 e. The Morgan fingerprint density at radius 2 is 1.50 bits per heavy atom. The second-order valence-corrected chi connectivity index (χ2v) is 5.82. The van der Waals surface area contributed by atoms with E-state index in [1.807, 2.05) is 0 Å². The third-order valence-corrected chi connectivity index (χ3v) is 4.30. The number of aliphatic carboxylic acids is 1. The first-order valence-electron chi connectivity index (χ1n) is 6.69. The maximum atomic E-state index is 12.3. The lowest BCUT2D eigenvalue weighted by molar-refractivity contribution is -0.133. The smallest absolute Gasteiger partial charge is 0.407 e. The first-order valence-corrected chi connectivity index (χ1v) is 7.68. The average Bonchev–Trinajstić information content (AvgIpc) is 2.53. The lowest BCUT2D eigenvalue weighted by atomic mass is 10.2. The molecule has 0 unspecified atom stereocenters. The molecule has 0 atom stereocenters. The summed E-state index contributed by atoms with van der Waals surface area (Å²) in [7, 11) is 0. The van der Waals surface area contributed by atoms with E-state index in [-0.39, 0.29) is 11.7 Å². The molecule has 1 aromatic carbocycles. The maximum absolute atomic E-state index is 12.3. The van der Waals surface area contributed by atoms with Gasteiger partial charge in [-0.25, -0.2) is 4.79 Å². The number of hydrogen-bond donors (Lipinski definition) is 2. The SMILES string of the molecule is O=C(O)CSc1ccc(C(=O)N2CCN(C(=O)O)CC2)cc1. The summed E-state index contributed by atoms with van der Waals surface area (Å²) in [6, 6.07) is 6.76. The lowest BCUT2D eigenvalue weighted by Gasteiger charge is -2.33. The van der Waals surface area contributed by atoms with Crippen molar-refractivity contribution >= 4 is 29.7 Å². The summed E-state index contributed by atoms with van der Waals surface area (Å²) in [5.74, 6) is -1.05. The number of piperazine rings is 1. The Morgan fingerprint density at radius 1 is 0.955 bits per heavy atom. The predicted octanol–water partition coefficient (Wildman–Crippen LogP) is 1.30. The third kappa shape index (κ3) is 4.14. The number of carbonyl (C=O) groups is 3. The minimum atomic E-state index is -0.966. The summed E-state index contributed by atoms with van der Waals surface area (Å²) >= 11 is 1.19. The van der Waals surface area contributed by atoms with Gasteiger partial charge < -0.3 is 20.0 Å². The molecular formula is C14H16N2O5S. The number of benzene rings is 1. The Balaban J connectivity index is 1.93. The van der Waals surface area contributed by atoms with Crippen LogP contribution in [0.3, 0.4) is 0 Å². The number of carboxylic acid groups (broad SMARTS) is 2. The van der Waals surface area contributed by atoms with Crippen LogP contribution >= 0.6 is 11.8 Å². The Morgan fingerprint density at radius 3 is 2.00 bits per heavy atom. The molecule has 0 aliphatic carbocycles. The number of nitrogens with zero attached hydrogens (tertiary/aromatic N) is 2. The molecule has 8 heteroatoms. The fraction of sp³-hybridized carbons (Fsp3) is 0.357. The molecule has 1 aromatic rings. The summed E-state index contributed by atoms with van der Waals surface area (Å²) in [6.07, 6.45) is -0.966. The maximum Gasteiger partial charge on any atom is 0.407 e. The van der Waals surface area contributed by atoms with E-state index in [9.17, 15) is 14.4 Å². The molecule has 0 bridgehead atoms. The van der Waals surface area contributed by atoms with Gasteiger partial charge in [0.15, 0.2) is 0 Å². The Labute approximate surface area is 131 Å². The highest BCUT2D eigenvalue weighted by molar-refractivity contribution is 8.00. The van der Waals surface area contributed by atoms with Crippen LogP contribution in [0, 0.1) is 0 Å². The van der Waals surface area contributed by atoms with E-state index in [2.05, 4.69) is 0 Å². The topological polar surface area (TPSA) is 98.2 Å². The number of carboxylic acids is 1. The van der Waals surface area contributed by atoms with Gasteiger partial charge in [0, 0.05) is 36.6 Å². The molecule has 0 spiro atoms. The average molecular weight is 324 g/mol. The molecule has 1 fully saturated rings. The second kappa shape index (κ2) is 7.17. The first-order chi connectivity index (χ1) is 10.5. The lowest BCUT2D eigenvalue weighted by Crippen LogP contribution is -2.50. The molecule has 7 nitrogen and oxygen atoms in total. The monoisotopic (exact) mass is 324 g/mol. The zero-order chi connectivity index (χ0) is 16.1. The van der Waals surface area contributed by atoms with E-state index >= 15 is 0 Å². The molecule has 1 saturated heterocycles. The molecule has 0 saturated carbocycles. The van der Waals surface area contributed by atoms with Crippen molar-refractivity contribution in [2.24, 2.45) is 0 Å². The van der Waals surface area contributed by atoms with Gasteiger partial charge in [0.1, 0.15) is 0 Å². The van der Waals surface area contributed by atoms with E-state index in [1.165, 1.54) is 16.7 Å². The molecule has 0 aromatic heterocycles. The summed E-state index contributed by atoms with van der Waals surface area (Å²) in [5, 5.41) is 17.5. The quantitative estimate of drug-likeness (QED) is 0.810. The largest absolute Gasteiger partial charge is 0.481 e. The van der Waals surface area contributed by atoms with E-state index in [1.54, 1.807) is 29.2 Å². The molecule has 2 N–H and O–H groups in total. The van der Waals surface area contributed by atoms with Crippen LogP contribution in [-0.4, -0.2) is 69.9 Å². The van der Waals surface area contributed by atoms with E-state index in [4.69, 9.17) is 10.2 Å². The Hall–Kier alpha value is -2.22. The van der Waals surface area contributed by atoms with Gasteiger partial charge in [0.05, 0.1) is 5.75 Å². The highest BCUT2D eigenvalue weighted by Gasteiger charge is 2.24. The zero-order valence-electron chi connectivity index (χ0n) is 11.8. The van der Waals surface area contributed by atoms with Crippen molar-refractivity contribution in [2.45, 2.75) is 4.90 Å². The first kappa shape index (κ1) is 16.2. The number of carbonyl (C=O) groups excluding carboxylic acids is 1. The van der Waals surface area contributed by atoms with E-state index in [0.29, 0.717) is 31.7 Å². The molecule has 1 aliphatic heterocycles. The van der Waals surface area contributed by atoms with Crippen LogP contribution < -0.4 is 0 Å². The van der Waals surface area contributed by atoms with Crippen molar-refractivity contribution in [3.8, 4) is 0 Å². The Bertz CT molecular complexity index is 567. The van der Waals surface area contributed by atoms with Gasteiger partial charge in [0.25, 0.3) is 5.91 Å². The van der Waals surface area contributed by atoms with Crippen LogP contribution in [0.2, 0.25) is 0 Å². The highest BCUT2D eigenvalue weighted by Crippen LogP contribution is 2.19. The third-order valence-electron chi connectivity index (χ3n) is 3.30. The highest BCUT2D eigenvalue weighted by atomic mass is 32.2. The number of hydrogen-bond acceptors (Lipinski definition) is 4. The normalized spacial score (nSPS) is 14.7. The molecule has 2 rings (SSSR count). The molecule has 1 heterocycles. The van der Waals surface area contributed by atoms with Crippen LogP contribution in [0.15, 0.2) is 29.2 Å². The van der Waals surface area contributed by atoms with Crippen molar-refractivity contribution in [1.29, 1.82) is 0 Å². The van der Waals surface area contributed by atoms with E-state index in [0.717, 1.165) is 4.90 Å². The summed E-state index contributed by atoms with van der Waals surface area (Å²) < 4.78 is 0. The zero-order valence-corrected chi connectivity index (χ0v) is 12.6. The predicted molar refractivity (Wildman–Crippen MR) is 80.3 cm³/mol. The van der Waals surface area contributed by atoms with Gasteiger partial charge in [-0.1, -0.05) is 0 Å². The van der Waals surface area contributed by atoms with Gasteiger partial charge in [-0.2, -0.15) is 0 Å². The van der Waals surface area contributed by atoms with Gasteiger partial charge in [-0.15, -0.1) is 11.8 Å². The van der Waals surface area contributed by atoms with Gasteiger partial charge in [-0.3, -0.25) is 9.59 Å². The molecule has 0 radical (unpaired) electrons. The van der Waals surface area contributed by atoms with E-state index < -0.39 is 12.1 Å². The molecule has 118 valence electrons. The standard InChI is InChI=1S/C14H16N2O5S/c17-12(18)9-22-11-3-1-10(2-4-11)13(19)15-5-7-16(8-6-15)14(20)21/h1-4H,5-9H2,(H,17,18)(H,20,21). The van der Waals surface area contributed by atoms with Crippen LogP contribution in [-0.2, 0) is 4.79 Å². The molecule has 22 heavy (non-hydrogen) atoms. The van der Waals surface area contributed by atoms with Crippen LogP contribution in [0.4, 0.5) is 4.79 Å². The second-order valence-electron chi connectivity index (χ2n) is 4.77. The number of amides is 2. The van der Waals surface area contributed by atoms with Crippen molar-refractivity contribution in [2.75, 3.05) is 31.9 Å². The molecule has 1 aliphatic rings. The molecule has 2 amide bonds. The Kier molecular flexibility index (Phi) is 5.26. The van der Waals surface area contributed by atoms with Crippen LogP contribution in [0.5, 0.6) is 0 Å². The van der Waals surface area contributed by atoms with Crippen LogP contribution in [0.1, 0.15) is 10.4 Å². The van der Waals surface area contributed by atoms with Crippen LogP contribution in [0.25, 0.3) is 0 Å². The summed E-state index contributed by atoms with van der Waals surface area (Å²) in [6.45, 7) is 1.38. The fourth-order valence-corrected chi connectivity index (χ4v) is 2.74. The minimum absolute atomic E-state index is 0.0234. The van der Waals surface area contributed by atoms with Gasteiger partial charge in [0.2, 0.25) is 0 Å². The van der Waals surface area contributed by atoms with Crippen molar-refractivity contribution in [1.82, 2.24) is 9.80 Å². The van der Waals surface area contributed by atoms with Crippen molar-refractivity contribution in [3.05, 3.63) is 29.8 Å². The van der Waals surface area contributed by atoms with Gasteiger partial charge >= 0.3 is 12.1 Å². The molecular weight excluding hydrogens is 308 g/mol. The van der Waals surface area contributed by atoms with Crippen molar-refractivity contribution in [3.63, 3.8) is 0 Å².